The zero-order valence-corrected chi connectivity index (χ0v) is 12.1. The molecule has 0 bridgehead atoms. The van der Waals surface area contributed by atoms with E-state index in [1.807, 2.05) is 18.2 Å². The highest BCUT2D eigenvalue weighted by Crippen LogP contribution is 2.41. The Morgan fingerprint density at radius 1 is 1.05 bits per heavy atom. The highest BCUT2D eigenvalue weighted by molar-refractivity contribution is 6.02. The van der Waals surface area contributed by atoms with Gasteiger partial charge in [0.25, 0.3) is 0 Å². The lowest BCUT2D eigenvalue weighted by molar-refractivity contribution is -0.123. The van der Waals surface area contributed by atoms with Gasteiger partial charge in [-0.25, -0.2) is 0 Å². The van der Waals surface area contributed by atoms with Crippen LogP contribution in [0.5, 0.6) is 11.5 Å². The molecule has 2 atom stereocenters. The monoisotopic (exact) mass is 284 g/mol. The Morgan fingerprint density at radius 2 is 1.90 bits per heavy atom. The number of rotatable bonds is 1. The smallest absolute Gasteiger partial charge is 0.231 e. The summed E-state index contributed by atoms with van der Waals surface area (Å²) in [6, 6.07) is 5.89. The van der Waals surface area contributed by atoms with E-state index in [9.17, 15) is 4.79 Å². The van der Waals surface area contributed by atoms with Crippen LogP contribution in [0.3, 0.4) is 0 Å². The number of carbonyl (C=O) groups is 1. The van der Waals surface area contributed by atoms with Gasteiger partial charge in [0, 0.05) is 5.92 Å². The van der Waals surface area contributed by atoms with Crippen LogP contribution in [0.1, 0.15) is 44.1 Å². The van der Waals surface area contributed by atoms with Crippen molar-refractivity contribution >= 4 is 11.9 Å². The highest BCUT2D eigenvalue weighted by Gasteiger charge is 2.36. The zero-order chi connectivity index (χ0) is 14.2. The fourth-order valence-electron chi connectivity index (χ4n) is 3.95. The number of hydrogen-bond acceptors (Lipinski definition) is 3. The van der Waals surface area contributed by atoms with Crippen molar-refractivity contribution in [3.63, 3.8) is 0 Å². The van der Waals surface area contributed by atoms with Crippen molar-refractivity contribution in [2.75, 3.05) is 6.79 Å². The van der Waals surface area contributed by atoms with Crippen molar-refractivity contribution in [1.82, 2.24) is 0 Å². The molecule has 1 aromatic rings. The Kier molecular flexibility index (Phi) is 3.21. The molecule has 2 unspecified atom stereocenters. The summed E-state index contributed by atoms with van der Waals surface area (Å²) in [7, 11) is 0. The molecule has 110 valence electrons. The van der Waals surface area contributed by atoms with Crippen molar-refractivity contribution in [2.45, 2.75) is 38.5 Å². The number of allylic oxidation sites excluding steroid dienone is 1. The van der Waals surface area contributed by atoms with Crippen LogP contribution in [0, 0.1) is 11.8 Å². The first-order chi connectivity index (χ1) is 10.3. The number of Topliss-reactive ketones (excluding diaryl/α,β-unsaturated/α-hetero) is 1. The van der Waals surface area contributed by atoms with Gasteiger partial charge in [0.15, 0.2) is 17.3 Å². The highest BCUT2D eigenvalue weighted by atomic mass is 16.7. The second-order valence-corrected chi connectivity index (χ2v) is 6.34. The number of carbonyl (C=O) groups excluding carboxylic acids is 1. The fraction of sp³-hybridized carbons (Fsp3) is 0.500. The molecule has 2 aliphatic carbocycles. The molecular formula is C18H20O3. The number of fused-ring (bicyclic) bond motifs is 2. The van der Waals surface area contributed by atoms with E-state index in [0.29, 0.717) is 11.7 Å². The normalized spacial score (nSPS) is 29.5. The van der Waals surface area contributed by atoms with E-state index in [0.717, 1.165) is 35.5 Å². The summed E-state index contributed by atoms with van der Waals surface area (Å²) in [5, 5.41) is 0. The maximum Gasteiger partial charge on any atom is 0.231 e. The molecule has 3 nitrogen and oxygen atoms in total. The Hall–Kier alpha value is -1.77. The van der Waals surface area contributed by atoms with Crippen molar-refractivity contribution in [3.8, 4) is 11.5 Å². The molecule has 1 aromatic carbocycles. The summed E-state index contributed by atoms with van der Waals surface area (Å²) in [6.07, 6.45) is 8.99. The first-order valence-electron chi connectivity index (χ1n) is 7.96. The van der Waals surface area contributed by atoms with Gasteiger partial charge in [-0.15, -0.1) is 0 Å². The fourth-order valence-corrected chi connectivity index (χ4v) is 3.95. The molecule has 0 amide bonds. The Balaban J connectivity index is 1.59. The second-order valence-electron chi connectivity index (χ2n) is 6.34. The van der Waals surface area contributed by atoms with E-state index < -0.39 is 0 Å². The average molecular weight is 284 g/mol. The lowest BCUT2D eigenvalue weighted by Crippen LogP contribution is -2.32. The Bertz CT molecular complexity index is 602. The van der Waals surface area contributed by atoms with E-state index in [1.165, 1.54) is 25.7 Å². The van der Waals surface area contributed by atoms with Gasteiger partial charge < -0.3 is 9.47 Å². The van der Waals surface area contributed by atoms with E-state index in [4.69, 9.17) is 9.47 Å². The van der Waals surface area contributed by atoms with Gasteiger partial charge in [-0.1, -0.05) is 18.9 Å². The van der Waals surface area contributed by atoms with E-state index in [-0.39, 0.29) is 12.7 Å². The Labute approximate surface area is 124 Å². The summed E-state index contributed by atoms with van der Waals surface area (Å²) in [6.45, 7) is 0.290. The van der Waals surface area contributed by atoms with E-state index in [1.54, 1.807) is 0 Å². The first kappa shape index (κ1) is 12.9. The number of hydrogen-bond donors (Lipinski definition) is 0. The molecule has 0 saturated heterocycles. The lowest BCUT2D eigenvalue weighted by atomic mass is 9.68. The standard InChI is InChI=1S/C18H20O3/c19-18-14(7-6-13-3-1-2-4-15(13)18)9-12-5-8-16-17(10-12)21-11-20-16/h5,8-10,13,15H,1-4,6-7,11H2/b14-9-. The molecule has 0 radical (unpaired) electrons. The minimum absolute atomic E-state index is 0.285. The number of ether oxygens (including phenoxy) is 2. The van der Waals surface area contributed by atoms with E-state index in [2.05, 4.69) is 6.08 Å². The molecular weight excluding hydrogens is 264 g/mol. The summed E-state index contributed by atoms with van der Waals surface area (Å²) in [5.41, 5.74) is 2.04. The largest absolute Gasteiger partial charge is 0.454 e. The van der Waals surface area contributed by atoms with Crippen LogP contribution in [-0.2, 0) is 4.79 Å². The van der Waals surface area contributed by atoms with Gasteiger partial charge in [-0.3, -0.25) is 4.79 Å². The molecule has 3 aliphatic rings. The summed E-state index contributed by atoms with van der Waals surface area (Å²) < 4.78 is 10.7. The van der Waals surface area contributed by atoms with Crippen LogP contribution in [0.15, 0.2) is 23.8 Å². The number of ketones is 1. The molecule has 1 heterocycles. The predicted molar refractivity (Wildman–Crippen MR) is 80.2 cm³/mol. The summed E-state index contributed by atoms with van der Waals surface area (Å²) >= 11 is 0. The zero-order valence-electron chi connectivity index (χ0n) is 12.1. The third-order valence-electron chi connectivity index (χ3n) is 5.08. The molecule has 0 spiro atoms. The van der Waals surface area contributed by atoms with Crippen LogP contribution in [0.25, 0.3) is 6.08 Å². The van der Waals surface area contributed by atoms with Gasteiger partial charge in [-0.2, -0.15) is 0 Å². The third-order valence-corrected chi connectivity index (χ3v) is 5.08. The third kappa shape index (κ3) is 2.35. The first-order valence-corrected chi connectivity index (χ1v) is 7.96. The van der Waals surface area contributed by atoms with E-state index >= 15 is 0 Å². The quantitative estimate of drug-likeness (QED) is 0.732. The summed E-state index contributed by atoms with van der Waals surface area (Å²) in [5.74, 6) is 2.89. The van der Waals surface area contributed by atoms with Crippen molar-refractivity contribution < 1.29 is 14.3 Å². The van der Waals surface area contributed by atoms with Gasteiger partial charge in [0.05, 0.1) is 0 Å². The second kappa shape index (κ2) is 5.21. The van der Waals surface area contributed by atoms with Crippen LogP contribution in [0.4, 0.5) is 0 Å². The minimum Gasteiger partial charge on any atom is -0.454 e. The summed E-state index contributed by atoms with van der Waals surface area (Å²) in [4.78, 5) is 12.7. The van der Waals surface area contributed by atoms with Crippen LogP contribution >= 0.6 is 0 Å². The van der Waals surface area contributed by atoms with Gasteiger partial charge in [0.1, 0.15) is 0 Å². The SMILES string of the molecule is O=C1/C(=C\c2ccc3c(c2)OCO3)CCC2CCCCC12. The van der Waals surface area contributed by atoms with Crippen LogP contribution in [-0.4, -0.2) is 12.6 Å². The van der Waals surface area contributed by atoms with Gasteiger partial charge in [-0.05, 0) is 60.9 Å². The molecule has 3 heteroatoms. The van der Waals surface area contributed by atoms with Crippen molar-refractivity contribution in [3.05, 3.63) is 29.3 Å². The minimum atomic E-state index is 0.285. The molecule has 2 saturated carbocycles. The maximum absolute atomic E-state index is 12.7. The van der Waals surface area contributed by atoms with Crippen LogP contribution in [0.2, 0.25) is 0 Å². The molecule has 0 aromatic heterocycles. The lowest BCUT2D eigenvalue weighted by Gasteiger charge is -2.35. The Morgan fingerprint density at radius 3 is 2.86 bits per heavy atom. The molecule has 4 rings (SSSR count). The molecule has 21 heavy (non-hydrogen) atoms. The average Bonchev–Trinajstić information content (AvgIpc) is 2.98. The van der Waals surface area contributed by atoms with Gasteiger partial charge >= 0.3 is 0 Å². The maximum atomic E-state index is 12.7. The topological polar surface area (TPSA) is 35.5 Å². The molecule has 1 aliphatic heterocycles. The molecule has 2 fully saturated rings. The number of benzene rings is 1. The van der Waals surface area contributed by atoms with Crippen molar-refractivity contribution in [1.29, 1.82) is 0 Å². The van der Waals surface area contributed by atoms with Crippen molar-refractivity contribution in [2.24, 2.45) is 11.8 Å². The molecule has 0 N–H and O–H groups in total. The van der Waals surface area contributed by atoms with Gasteiger partial charge in [0.2, 0.25) is 6.79 Å². The predicted octanol–water partition coefficient (Wildman–Crippen LogP) is 3.97. The van der Waals surface area contributed by atoms with Crippen LogP contribution < -0.4 is 9.47 Å².